The predicted molar refractivity (Wildman–Crippen MR) is 131 cm³/mol. The zero-order chi connectivity index (χ0) is 22.3. The number of aliphatic imine (C=N–C) groups is 1. The van der Waals surface area contributed by atoms with Crippen molar-refractivity contribution in [3.8, 4) is 5.75 Å². The van der Waals surface area contributed by atoms with E-state index in [1.807, 2.05) is 25.2 Å². The molecule has 0 spiro atoms. The second-order valence-corrected chi connectivity index (χ2v) is 8.76. The minimum absolute atomic E-state index is 0.347. The third kappa shape index (κ3) is 5.72. The lowest BCUT2D eigenvalue weighted by Crippen LogP contribution is -2.52. The van der Waals surface area contributed by atoms with Crippen LogP contribution in [0.2, 0.25) is 0 Å². The van der Waals surface area contributed by atoms with Gasteiger partial charge in [-0.15, -0.1) is 0 Å². The van der Waals surface area contributed by atoms with Gasteiger partial charge >= 0.3 is 0 Å². The molecule has 2 saturated heterocycles. The Hall–Kier alpha value is -2.77. The Morgan fingerprint density at radius 3 is 2.19 bits per heavy atom. The predicted octanol–water partition coefficient (Wildman–Crippen LogP) is 2.04. The number of benzene rings is 2. The summed E-state index contributed by atoms with van der Waals surface area (Å²) < 4.78 is 0. The van der Waals surface area contributed by atoms with Crippen molar-refractivity contribution in [1.82, 2.24) is 20.0 Å². The molecule has 32 heavy (non-hydrogen) atoms. The largest absolute Gasteiger partial charge is 0.506 e. The fraction of sp³-hybridized carbons (Fsp3) is 0.480. The van der Waals surface area contributed by atoms with Crippen molar-refractivity contribution in [2.45, 2.75) is 13.1 Å². The third-order valence-corrected chi connectivity index (χ3v) is 6.49. The molecule has 0 atom stereocenters. The van der Waals surface area contributed by atoms with Crippen LogP contribution in [-0.2, 0) is 13.1 Å². The molecule has 7 nitrogen and oxygen atoms in total. The Kier molecular flexibility index (Phi) is 7.50. The molecule has 2 aliphatic heterocycles. The molecule has 172 valence electrons. The van der Waals surface area contributed by atoms with Gasteiger partial charge in [0.05, 0.1) is 5.69 Å². The lowest BCUT2D eigenvalue weighted by molar-refractivity contribution is 0.148. The van der Waals surface area contributed by atoms with Crippen molar-refractivity contribution in [1.29, 1.82) is 0 Å². The molecule has 0 unspecified atom stereocenters. The van der Waals surface area contributed by atoms with Crippen LogP contribution in [0, 0.1) is 0 Å². The highest BCUT2D eigenvalue weighted by molar-refractivity contribution is 5.80. The van der Waals surface area contributed by atoms with Crippen LogP contribution in [0.4, 0.5) is 5.69 Å². The summed E-state index contributed by atoms with van der Waals surface area (Å²) in [6.07, 6.45) is 0. The number of nitrogens with one attached hydrogen (secondary N) is 1. The summed E-state index contributed by atoms with van der Waals surface area (Å²) >= 11 is 0. The highest BCUT2D eigenvalue weighted by Crippen LogP contribution is 2.27. The van der Waals surface area contributed by atoms with Crippen molar-refractivity contribution in [3.05, 3.63) is 59.7 Å². The Morgan fingerprint density at radius 1 is 0.875 bits per heavy atom. The zero-order valence-corrected chi connectivity index (χ0v) is 19.4. The number of anilines is 1. The fourth-order valence-electron chi connectivity index (χ4n) is 4.43. The first-order chi connectivity index (χ1) is 15.6. The summed E-state index contributed by atoms with van der Waals surface area (Å²) in [6.45, 7) is 9.87. The maximum absolute atomic E-state index is 10.1. The number of nitrogens with zero attached hydrogens (tertiary/aromatic N) is 5. The van der Waals surface area contributed by atoms with Crippen LogP contribution in [0.1, 0.15) is 11.1 Å². The van der Waals surface area contributed by atoms with E-state index in [4.69, 9.17) is 0 Å². The van der Waals surface area contributed by atoms with Crippen molar-refractivity contribution in [2.75, 3.05) is 71.4 Å². The van der Waals surface area contributed by atoms with Crippen LogP contribution in [0.15, 0.2) is 53.5 Å². The van der Waals surface area contributed by atoms with E-state index in [-0.39, 0.29) is 0 Å². The number of likely N-dealkylation sites (N-methyl/N-ethyl adjacent to an activating group) is 1. The lowest BCUT2D eigenvalue weighted by atomic mass is 10.1. The summed E-state index contributed by atoms with van der Waals surface area (Å²) in [5.74, 6) is 1.28. The standard InChI is InChI=1S/C25H36N6O/c1-26-25(31-17-15-30(16-18-31)23-5-3-4-6-24(23)32)27-19-21-7-9-22(10-8-21)20-29-13-11-28(2)12-14-29/h3-10,32H,11-20H2,1-2H3,(H,26,27). The van der Waals surface area contributed by atoms with Gasteiger partial charge < -0.3 is 25.1 Å². The molecule has 2 N–H and O–H groups in total. The van der Waals surface area contributed by atoms with Gasteiger partial charge in [0.1, 0.15) is 5.75 Å². The van der Waals surface area contributed by atoms with E-state index in [1.165, 1.54) is 11.1 Å². The number of phenolic OH excluding ortho intramolecular Hbond substituents is 1. The highest BCUT2D eigenvalue weighted by Gasteiger charge is 2.21. The number of aromatic hydroxyl groups is 1. The van der Waals surface area contributed by atoms with Crippen LogP contribution >= 0.6 is 0 Å². The summed E-state index contributed by atoms with van der Waals surface area (Å²) in [7, 11) is 4.04. The molecular weight excluding hydrogens is 400 g/mol. The van der Waals surface area contributed by atoms with Gasteiger partial charge in [-0.05, 0) is 30.3 Å². The van der Waals surface area contributed by atoms with Crippen molar-refractivity contribution in [2.24, 2.45) is 4.99 Å². The molecule has 0 aromatic heterocycles. The smallest absolute Gasteiger partial charge is 0.194 e. The second kappa shape index (κ2) is 10.7. The molecule has 2 aromatic carbocycles. The van der Waals surface area contributed by atoms with Gasteiger partial charge in [0.15, 0.2) is 5.96 Å². The summed E-state index contributed by atoms with van der Waals surface area (Å²) in [6, 6.07) is 16.5. The first-order valence-electron chi connectivity index (χ1n) is 11.6. The number of piperazine rings is 2. The molecule has 2 aliphatic rings. The van der Waals surface area contributed by atoms with Crippen LogP contribution in [0.5, 0.6) is 5.75 Å². The fourth-order valence-corrected chi connectivity index (χ4v) is 4.43. The normalized spacial score (nSPS) is 18.8. The van der Waals surface area contributed by atoms with E-state index >= 15 is 0 Å². The molecule has 2 fully saturated rings. The van der Waals surface area contributed by atoms with Gasteiger partial charge in [0, 0.05) is 72.5 Å². The van der Waals surface area contributed by atoms with E-state index in [2.05, 4.69) is 61.2 Å². The first kappa shape index (κ1) is 22.4. The van der Waals surface area contributed by atoms with Gasteiger partial charge in [-0.25, -0.2) is 0 Å². The van der Waals surface area contributed by atoms with Crippen LogP contribution in [0.3, 0.4) is 0 Å². The molecule has 2 heterocycles. The summed E-state index contributed by atoms with van der Waals surface area (Å²) in [4.78, 5) is 13.9. The van der Waals surface area contributed by atoms with Crippen molar-refractivity contribution < 1.29 is 5.11 Å². The van der Waals surface area contributed by atoms with Gasteiger partial charge in [-0.2, -0.15) is 0 Å². The average Bonchev–Trinajstić information content (AvgIpc) is 2.83. The Bertz CT molecular complexity index is 884. The number of guanidine groups is 1. The maximum atomic E-state index is 10.1. The molecule has 4 rings (SSSR count). The number of rotatable bonds is 5. The molecule has 0 radical (unpaired) electrons. The Balaban J connectivity index is 1.24. The molecule has 0 bridgehead atoms. The van der Waals surface area contributed by atoms with Crippen LogP contribution in [-0.4, -0.2) is 92.2 Å². The minimum atomic E-state index is 0.347. The van der Waals surface area contributed by atoms with Crippen LogP contribution in [0.25, 0.3) is 0 Å². The van der Waals surface area contributed by atoms with Gasteiger partial charge in [0.25, 0.3) is 0 Å². The number of hydrogen-bond donors (Lipinski definition) is 2. The first-order valence-corrected chi connectivity index (χ1v) is 11.6. The van der Waals surface area contributed by atoms with Gasteiger partial charge in [-0.3, -0.25) is 9.89 Å². The molecule has 2 aromatic rings. The maximum Gasteiger partial charge on any atom is 0.194 e. The van der Waals surface area contributed by atoms with Crippen molar-refractivity contribution >= 4 is 11.6 Å². The monoisotopic (exact) mass is 436 g/mol. The summed E-state index contributed by atoms with van der Waals surface area (Å²) in [5, 5.41) is 13.6. The third-order valence-electron chi connectivity index (χ3n) is 6.49. The van der Waals surface area contributed by atoms with E-state index in [0.717, 1.165) is 77.1 Å². The molecule has 0 aliphatic carbocycles. The summed E-state index contributed by atoms with van der Waals surface area (Å²) in [5.41, 5.74) is 3.55. The van der Waals surface area contributed by atoms with Crippen LogP contribution < -0.4 is 10.2 Å². The van der Waals surface area contributed by atoms with Crippen molar-refractivity contribution in [3.63, 3.8) is 0 Å². The molecule has 0 saturated carbocycles. The number of hydrogen-bond acceptors (Lipinski definition) is 5. The van der Waals surface area contributed by atoms with E-state index in [0.29, 0.717) is 5.75 Å². The number of phenols is 1. The number of para-hydroxylation sites is 2. The Labute approximate surface area is 191 Å². The highest BCUT2D eigenvalue weighted by atomic mass is 16.3. The zero-order valence-electron chi connectivity index (χ0n) is 19.4. The second-order valence-electron chi connectivity index (χ2n) is 8.76. The van der Waals surface area contributed by atoms with E-state index in [9.17, 15) is 5.11 Å². The van der Waals surface area contributed by atoms with E-state index in [1.54, 1.807) is 6.07 Å². The lowest BCUT2D eigenvalue weighted by Gasteiger charge is -2.37. The minimum Gasteiger partial charge on any atom is -0.506 e. The topological polar surface area (TPSA) is 57.6 Å². The van der Waals surface area contributed by atoms with E-state index < -0.39 is 0 Å². The average molecular weight is 437 g/mol. The Morgan fingerprint density at radius 2 is 1.53 bits per heavy atom. The SMILES string of the molecule is CN=C(NCc1ccc(CN2CCN(C)CC2)cc1)N1CCN(c2ccccc2O)CC1. The molecule has 0 amide bonds. The molecular formula is C25H36N6O. The van der Waals surface area contributed by atoms with Gasteiger partial charge in [0.2, 0.25) is 0 Å². The molecule has 7 heteroatoms. The van der Waals surface area contributed by atoms with Gasteiger partial charge in [-0.1, -0.05) is 36.4 Å². The quantitative estimate of drug-likeness (QED) is 0.553.